The predicted octanol–water partition coefficient (Wildman–Crippen LogP) is 14.2. The van der Waals surface area contributed by atoms with Gasteiger partial charge in [-0.3, -0.25) is 0 Å². The Labute approximate surface area is 359 Å². The zero-order valence-corrected chi connectivity index (χ0v) is 37.1. The maximum atomic E-state index is 2.75. The summed E-state index contributed by atoms with van der Waals surface area (Å²) in [5, 5.41) is 7.87. The SMILES string of the molecule is Cc1ccc(C)c(-c2cc3c4c(c2)-n2c5c(cc(-c6c(C)cccc6C)cc5c5ccc6ccccc6c52)B4n2c4ccc(C(C)(C)C)cc4c4cc(C(C)(C)C)cc-3c42)c1. The molecule has 8 aromatic carbocycles. The summed E-state index contributed by atoms with van der Waals surface area (Å²) in [5.41, 5.74) is 25.1. The summed E-state index contributed by atoms with van der Waals surface area (Å²) in [7, 11) is 0. The maximum Gasteiger partial charge on any atom is 0.333 e. The number of aromatic nitrogens is 2. The van der Waals surface area contributed by atoms with Crippen molar-refractivity contribution < 1.29 is 0 Å². The second-order valence-corrected chi connectivity index (χ2v) is 20.4. The molecule has 0 saturated carbocycles. The summed E-state index contributed by atoms with van der Waals surface area (Å²) >= 11 is 0. The number of fused-ring (bicyclic) bond motifs is 12. The van der Waals surface area contributed by atoms with Gasteiger partial charge in [0.2, 0.25) is 0 Å². The highest BCUT2D eigenvalue weighted by molar-refractivity contribution is 6.90. The number of aryl methyl sites for hydroxylation is 4. The van der Waals surface area contributed by atoms with Crippen LogP contribution in [-0.4, -0.2) is 15.9 Å². The highest BCUT2D eigenvalue weighted by Crippen LogP contribution is 2.48. The van der Waals surface area contributed by atoms with E-state index in [9.17, 15) is 0 Å². The van der Waals surface area contributed by atoms with E-state index in [4.69, 9.17) is 0 Å². The molecule has 0 saturated heterocycles. The van der Waals surface area contributed by atoms with Gasteiger partial charge in [0.15, 0.2) is 0 Å². The molecular formula is C58H51BN2. The van der Waals surface area contributed by atoms with Crippen LogP contribution in [0.4, 0.5) is 0 Å². The Morgan fingerprint density at radius 1 is 0.459 bits per heavy atom. The van der Waals surface area contributed by atoms with Crippen LogP contribution in [-0.2, 0) is 10.8 Å². The first-order valence-electron chi connectivity index (χ1n) is 22.1. The fourth-order valence-corrected chi connectivity index (χ4v) is 11.3. The smallest absolute Gasteiger partial charge is 0.333 e. The zero-order valence-electron chi connectivity index (χ0n) is 37.1. The Bertz CT molecular complexity index is 3570. The molecule has 61 heavy (non-hydrogen) atoms. The van der Waals surface area contributed by atoms with Gasteiger partial charge in [0.25, 0.3) is 0 Å². The lowest BCUT2D eigenvalue weighted by Gasteiger charge is -2.35. The Kier molecular flexibility index (Phi) is 7.28. The molecule has 12 rings (SSSR count). The first-order valence-corrected chi connectivity index (χ1v) is 22.1. The van der Waals surface area contributed by atoms with Crippen LogP contribution in [0.5, 0.6) is 0 Å². The van der Waals surface area contributed by atoms with Gasteiger partial charge >= 0.3 is 6.85 Å². The highest BCUT2D eigenvalue weighted by Gasteiger charge is 2.43. The molecule has 2 aliphatic heterocycles. The van der Waals surface area contributed by atoms with E-state index in [2.05, 4.69) is 206 Å². The normalized spacial score (nSPS) is 13.4. The van der Waals surface area contributed by atoms with Gasteiger partial charge in [-0.25, -0.2) is 0 Å². The van der Waals surface area contributed by atoms with Gasteiger partial charge in [0, 0.05) is 49.2 Å². The fourth-order valence-electron chi connectivity index (χ4n) is 11.3. The van der Waals surface area contributed by atoms with Crippen molar-refractivity contribution in [3.8, 4) is 39.1 Å². The highest BCUT2D eigenvalue weighted by atomic mass is 15.0. The lowest BCUT2D eigenvalue weighted by atomic mass is 9.45. The monoisotopic (exact) mass is 786 g/mol. The summed E-state index contributed by atoms with van der Waals surface area (Å²) < 4.78 is 5.44. The largest absolute Gasteiger partial charge is 0.375 e. The lowest BCUT2D eigenvalue weighted by Crippen LogP contribution is -2.55. The van der Waals surface area contributed by atoms with Crippen LogP contribution < -0.4 is 10.9 Å². The van der Waals surface area contributed by atoms with Gasteiger partial charge in [-0.2, -0.15) is 0 Å². The van der Waals surface area contributed by atoms with Crippen molar-refractivity contribution in [3.63, 3.8) is 0 Å². The van der Waals surface area contributed by atoms with E-state index in [1.165, 1.54) is 138 Å². The number of nitrogens with zero attached hydrogens (tertiary/aromatic N) is 2. The van der Waals surface area contributed by atoms with Crippen molar-refractivity contribution in [2.75, 3.05) is 0 Å². The predicted molar refractivity (Wildman–Crippen MR) is 264 cm³/mol. The van der Waals surface area contributed by atoms with Crippen LogP contribution in [0, 0.1) is 27.7 Å². The third-order valence-corrected chi connectivity index (χ3v) is 14.4. The summed E-state index contributed by atoms with van der Waals surface area (Å²) in [6.45, 7) is 23.1. The summed E-state index contributed by atoms with van der Waals surface area (Å²) in [6.07, 6.45) is 0. The summed E-state index contributed by atoms with van der Waals surface area (Å²) in [6, 6.07) is 50.0. The third kappa shape index (κ3) is 4.98. The molecule has 4 heterocycles. The quantitative estimate of drug-likeness (QED) is 0.155. The molecule has 0 aliphatic carbocycles. The number of benzene rings is 8. The van der Waals surface area contributed by atoms with Crippen LogP contribution in [0.1, 0.15) is 74.9 Å². The minimum atomic E-state index is -0.0446. The van der Waals surface area contributed by atoms with Gasteiger partial charge < -0.3 is 9.05 Å². The van der Waals surface area contributed by atoms with Crippen molar-refractivity contribution in [2.24, 2.45) is 0 Å². The topological polar surface area (TPSA) is 9.86 Å². The first-order chi connectivity index (χ1) is 29.2. The van der Waals surface area contributed by atoms with Crippen LogP contribution in [0.15, 0.2) is 127 Å². The molecule has 2 aromatic heterocycles. The van der Waals surface area contributed by atoms with Crippen LogP contribution in [0.25, 0.3) is 93.5 Å². The molecule has 10 aromatic rings. The molecule has 3 heteroatoms. The zero-order chi connectivity index (χ0) is 42.0. The standard InChI is InChI=1S/C58H51BN2/c1-32-18-19-33(2)43(24-32)37-25-45-48-31-40(58(8,9)10)30-47-44-29-39(57(5,6)7)21-23-50(44)61(55(47)48)59-49-27-38(52-34(3)14-13-15-35(52)4)26-46-42-22-20-36-16-11-12-17-41(36)54(42)60(56(46)49)51(28-37)53(45)59/h11-31H,1-10H3. The average Bonchev–Trinajstić information content (AvgIpc) is 3.74. The molecule has 0 spiro atoms. The van der Waals surface area contributed by atoms with Crippen LogP contribution in [0.3, 0.4) is 0 Å². The second-order valence-electron chi connectivity index (χ2n) is 20.4. The Hall–Kier alpha value is -6.32. The maximum absolute atomic E-state index is 2.75. The van der Waals surface area contributed by atoms with Crippen molar-refractivity contribution >= 4 is 72.2 Å². The van der Waals surface area contributed by atoms with Crippen LogP contribution in [0.2, 0.25) is 0 Å². The van der Waals surface area contributed by atoms with Crippen molar-refractivity contribution in [3.05, 3.63) is 161 Å². The van der Waals surface area contributed by atoms with E-state index in [1.54, 1.807) is 0 Å². The van der Waals surface area contributed by atoms with Gasteiger partial charge in [-0.15, -0.1) is 0 Å². The van der Waals surface area contributed by atoms with Gasteiger partial charge in [0.1, 0.15) is 0 Å². The molecule has 0 fully saturated rings. The molecule has 0 unspecified atom stereocenters. The van der Waals surface area contributed by atoms with E-state index in [0.717, 1.165) is 0 Å². The van der Waals surface area contributed by atoms with Gasteiger partial charge in [-0.1, -0.05) is 132 Å². The van der Waals surface area contributed by atoms with E-state index in [1.807, 2.05) is 0 Å². The molecule has 0 bridgehead atoms. The minimum absolute atomic E-state index is 0.0183. The molecule has 0 amide bonds. The fraction of sp³-hybridized carbons (Fsp3) is 0.207. The third-order valence-electron chi connectivity index (χ3n) is 14.4. The Balaban J connectivity index is 1.35. The van der Waals surface area contributed by atoms with E-state index < -0.39 is 0 Å². The molecule has 0 N–H and O–H groups in total. The van der Waals surface area contributed by atoms with Gasteiger partial charge in [-0.05, 0) is 153 Å². The molecule has 0 atom stereocenters. The van der Waals surface area contributed by atoms with E-state index in [-0.39, 0.29) is 17.7 Å². The second kappa shape index (κ2) is 12.2. The molecular weight excluding hydrogens is 735 g/mol. The number of hydrogen-bond acceptors (Lipinski definition) is 0. The van der Waals surface area contributed by atoms with Gasteiger partial charge in [0.05, 0.1) is 11.0 Å². The summed E-state index contributed by atoms with van der Waals surface area (Å²) in [4.78, 5) is 0. The Morgan fingerprint density at radius 3 is 1.97 bits per heavy atom. The van der Waals surface area contributed by atoms with Crippen molar-refractivity contribution in [1.29, 1.82) is 0 Å². The average molecular weight is 787 g/mol. The minimum Gasteiger partial charge on any atom is -0.375 e. The van der Waals surface area contributed by atoms with E-state index >= 15 is 0 Å². The summed E-state index contributed by atoms with van der Waals surface area (Å²) in [5.74, 6) is 0. The Morgan fingerprint density at radius 2 is 1.20 bits per heavy atom. The number of hydrogen-bond donors (Lipinski definition) is 0. The molecule has 296 valence electrons. The lowest BCUT2D eigenvalue weighted by molar-refractivity contribution is 0.590. The van der Waals surface area contributed by atoms with Crippen LogP contribution >= 0.6 is 0 Å². The van der Waals surface area contributed by atoms with E-state index in [0.29, 0.717) is 0 Å². The first kappa shape index (κ1) is 36.5. The molecule has 2 aliphatic rings. The van der Waals surface area contributed by atoms with Crippen molar-refractivity contribution in [2.45, 2.75) is 80.1 Å². The van der Waals surface area contributed by atoms with Crippen molar-refractivity contribution in [1.82, 2.24) is 9.05 Å². The number of rotatable bonds is 2. The molecule has 0 radical (unpaired) electrons. The molecule has 2 nitrogen and oxygen atoms in total.